The monoisotopic (exact) mass is 170 g/mol. The van der Waals surface area contributed by atoms with E-state index in [1.165, 1.54) is 12.8 Å². The van der Waals surface area contributed by atoms with Gasteiger partial charge in [-0.2, -0.15) is 0 Å². The minimum Gasteiger partial charge on any atom is -0.392 e. The molecule has 12 heavy (non-hydrogen) atoms. The van der Waals surface area contributed by atoms with Gasteiger partial charge in [0.25, 0.3) is 0 Å². The third-order valence-electron chi connectivity index (χ3n) is 2.68. The van der Waals surface area contributed by atoms with Crippen LogP contribution in [0.2, 0.25) is 0 Å². The molecule has 1 fully saturated rings. The molecule has 0 amide bonds. The summed E-state index contributed by atoms with van der Waals surface area (Å²) in [6, 6.07) is 0. The van der Waals surface area contributed by atoms with Crippen LogP contribution in [0.4, 0.5) is 0 Å². The number of hydrogen-bond acceptors (Lipinski definition) is 2. The van der Waals surface area contributed by atoms with E-state index in [-0.39, 0.29) is 17.8 Å². The predicted octanol–water partition coefficient (Wildman–Crippen LogP) is 1.91. The molecule has 1 aliphatic rings. The molecule has 2 nitrogen and oxygen atoms in total. The zero-order valence-corrected chi connectivity index (χ0v) is 7.75. The van der Waals surface area contributed by atoms with E-state index in [2.05, 4.69) is 6.92 Å². The number of Topliss-reactive ketones (excluding diaryl/α,β-unsaturated/α-hetero) is 1. The first-order chi connectivity index (χ1) is 5.75. The molecule has 0 aliphatic heterocycles. The molecule has 2 atom stereocenters. The van der Waals surface area contributed by atoms with E-state index < -0.39 is 0 Å². The Morgan fingerprint density at radius 2 is 2.25 bits per heavy atom. The lowest BCUT2D eigenvalue weighted by Gasteiger charge is -2.11. The molecule has 1 N–H and O–H groups in total. The fourth-order valence-corrected chi connectivity index (χ4v) is 1.86. The van der Waals surface area contributed by atoms with Crippen LogP contribution in [0.1, 0.15) is 45.4 Å². The SMILES string of the molecule is CCCCCC1C(=O)CCC1O. The van der Waals surface area contributed by atoms with Gasteiger partial charge in [-0.1, -0.05) is 26.2 Å². The van der Waals surface area contributed by atoms with Crippen LogP contribution in [0.3, 0.4) is 0 Å². The third kappa shape index (κ3) is 2.31. The van der Waals surface area contributed by atoms with Gasteiger partial charge in [-0.15, -0.1) is 0 Å². The Kier molecular flexibility index (Phi) is 3.73. The fourth-order valence-electron chi connectivity index (χ4n) is 1.86. The summed E-state index contributed by atoms with van der Waals surface area (Å²) in [4.78, 5) is 11.2. The third-order valence-corrected chi connectivity index (χ3v) is 2.68. The van der Waals surface area contributed by atoms with Gasteiger partial charge >= 0.3 is 0 Å². The summed E-state index contributed by atoms with van der Waals surface area (Å²) in [6.45, 7) is 2.15. The van der Waals surface area contributed by atoms with Gasteiger partial charge in [0, 0.05) is 12.3 Å². The summed E-state index contributed by atoms with van der Waals surface area (Å²) in [5, 5.41) is 9.44. The number of unbranched alkanes of at least 4 members (excludes halogenated alkanes) is 2. The number of ketones is 1. The van der Waals surface area contributed by atoms with Crippen molar-refractivity contribution in [2.75, 3.05) is 0 Å². The van der Waals surface area contributed by atoms with Crippen LogP contribution in [-0.2, 0) is 4.79 Å². The van der Waals surface area contributed by atoms with Crippen molar-refractivity contribution < 1.29 is 9.90 Å². The van der Waals surface area contributed by atoms with E-state index >= 15 is 0 Å². The summed E-state index contributed by atoms with van der Waals surface area (Å²) >= 11 is 0. The van der Waals surface area contributed by atoms with Crippen molar-refractivity contribution in [1.82, 2.24) is 0 Å². The van der Waals surface area contributed by atoms with Crippen molar-refractivity contribution >= 4 is 5.78 Å². The van der Waals surface area contributed by atoms with Gasteiger partial charge in [0.2, 0.25) is 0 Å². The smallest absolute Gasteiger partial charge is 0.138 e. The van der Waals surface area contributed by atoms with Crippen molar-refractivity contribution in [2.45, 2.75) is 51.6 Å². The largest absolute Gasteiger partial charge is 0.392 e. The molecule has 2 heteroatoms. The number of aliphatic hydroxyl groups is 1. The number of aliphatic hydroxyl groups excluding tert-OH is 1. The molecular weight excluding hydrogens is 152 g/mol. The maximum atomic E-state index is 11.2. The molecule has 0 heterocycles. The highest BCUT2D eigenvalue weighted by Crippen LogP contribution is 2.26. The van der Waals surface area contributed by atoms with Crippen LogP contribution >= 0.6 is 0 Å². The van der Waals surface area contributed by atoms with Gasteiger partial charge in [-0.3, -0.25) is 4.79 Å². The summed E-state index contributed by atoms with van der Waals surface area (Å²) in [5.74, 6) is 0.246. The summed E-state index contributed by atoms with van der Waals surface area (Å²) in [6.07, 6.45) is 5.29. The molecule has 0 aromatic carbocycles. The lowest BCUT2D eigenvalue weighted by atomic mass is 9.97. The second-order valence-electron chi connectivity index (χ2n) is 3.67. The topological polar surface area (TPSA) is 37.3 Å². The Hall–Kier alpha value is -0.370. The van der Waals surface area contributed by atoms with E-state index in [4.69, 9.17) is 0 Å². The quantitative estimate of drug-likeness (QED) is 0.654. The van der Waals surface area contributed by atoms with Crippen LogP contribution < -0.4 is 0 Å². The Bertz CT molecular complexity index is 154. The predicted molar refractivity (Wildman–Crippen MR) is 47.9 cm³/mol. The first-order valence-corrected chi connectivity index (χ1v) is 4.96. The first-order valence-electron chi connectivity index (χ1n) is 4.96. The second-order valence-corrected chi connectivity index (χ2v) is 3.67. The maximum absolute atomic E-state index is 11.2. The molecule has 0 saturated heterocycles. The number of carbonyl (C=O) groups excluding carboxylic acids is 1. The number of rotatable bonds is 4. The number of carbonyl (C=O) groups is 1. The Morgan fingerprint density at radius 1 is 1.50 bits per heavy atom. The lowest BCUT2D eigenvalue weighted by molar-refractivity contribution is -0.122. The van der Waals surface area contributed by atoms with Crippen molar-refractivity contribution in [2.24, 2.45) is 5.92 Å². The zero-order chi connectivity index (χ0) is 8.97. The molecule has 0 spiro atoms. The highest BCUT2D eigenvalue weighted by molar-refractivity contribution is 5.83. The van der Waals surface area contributed by atoms with Crippen molar-refractivity contribution in [3.8, 4) is 0 Å². The van der Waals surface area contributed by atoms with E-state index in [1.54, 1.807) is 0 Å². The van der Waals surface area contributed by atoms with Gasteiger partial charge < -0.3 is 5.11 Å². The summed E-state index contributed by atoms with van der Waals surface area (Å²) in [5.41, 5.74) is 0. The summed E-state index contributed by atoms with van der Waals surface area (Å²) < 4.78 is 0. The van der Waals surface area contributed by atoms with Gasteiger partial charge in [-0.25, -0.2) is 0 Å². The Labute approximate surface area is 74.0 Å². The van der Waals surface area contributed by atoms with Crippen LogP contribution in [0.15, 0.2) is 0 Å². The zero-order valence-electron chi connectivity index (χ0n) is 7.75. The summed E-state index contributed by atoms with van der Waals surface area (Å²) in [7, 11) is 0. The molecule has 0 aromatic rings. The molecule has 2 unspecified atom stereocenters. The van der Waals surface area contributed by atoms with E-state index in [0.717, 1.165) is 12.8 Å². The molecule has 1 saturated carbocycles. The van der Waals surface area contributed by atoms with E-state index in [9.17, 15) is 9.90 Å². The van der Waals surface area contributed by atoms with Crippen LogP contribution in [0.5, 0.6) is 0 Å². The molecule has 0 aromatic heterocycles. The molecular formula is C10H18O2. The Morgan fingerprint density at radius 3 is 2.75 bits per heavy atom. The Balaban J connectivity index is 2.25. The van der Waals surface area contributed by atoms with E-state index in [0.29, 0.717) is 12.8 Å². The van der Waals surface area contributed by atoms with Crippen LogP contribution in [-0.4, -0.2) is 17.0 Å². The molecule has 70 valence electrons. The van der Waals surface area contributed by atoms with Crippen LogP contribution in [0.25, 0.3) is 0 Å². The molecule has 1 rings (SSSR count). The van der Waals surface area contributed by atoms with Crippen molar-refractivity contribution in [1.29, 1.82) is 0 Å². The average Bonchev–Trinajstić information content (AvgIpc) is 2.35. The standard InChI is InChI=1S/C10H18O2/c1-2-3-4-5-8-9(11)6-7-10(8)12/h8-9,11H,2-7H2,1H3. The average molecular weight is 170 g/mol. The van der Waals surface area contributed by atoms with Crippen molar-refractivity contribution in [3.05, 3.63) is 0 Å². The van der Waals surface area contributed by atoms with Gasteiger partial charge in [0.05, 0.1) is 6.10 Å². The molecule has 0 radical (unpaired) electrons. The van der Waals surface area contributed by atoms with E-state index in [1.807, 2.05) is 0 Å². The second kappa shape index (κ2) is 4.61. The highest BCUT2D eigenvalue weighted by atomic mass is 16.3. The normalized spacial score (nSPS) is 29.7. The van der Waals surface area contributed by atoms with Crippen LogP contribution in [0, 0.1) is 5.92 Å². The molecule has 1 aliphatic carbocycles. The maximum Gasteiger partial charge on any atom is 0.138 e. The van der Waals surface area contributed by atoms with Gasteiger partial charge in [0.15, 0.2) is 0 Å². The molecule has 0 bridgehead atoms. The minimum atomic E-state index is -0.339. The van der Waals surface area contributed by atoms with Gasteiger partial charge in [0.1, 0.15) is 5.78 Å². The number of hydrogen-bond donors (Lipinski definition) is 1. The fraction of sp³-hybridized carbons (Fsp3) is 0.900. The first kappa shape index (κ1) is 9.72. The lowest BCUT2D eigenvalue weighted by Crippen LogP contribution is -2.18. The van der Waals surface area contributed by atoms with Gasteiger partial charge in [-0.05, 0) is 12.8 Å². The highest BCUT2D eigenvalue weighted by Gasteiger charge is 2.32. The minimum absolute atomic E-state index is 0.0310. The van der Waals surface area contributed by atoms with Crippen molar-refractivity contribution in [3.63, 3.8) is 0 Å².